The van der Waals surface area contributed by atoms with Crippen LogP contribution in [0.2, 0.25) is 0 Å². The summed E-state index contributed by atoms with van der Waals surface area (Å²) >= 11 is 0. The number of hydrogen-bond donors (Lipinski definition) is 1. The number of nitrogens with two attached hydrogens (primary N) is 1. The molecular weight excluding hydrogens is 200 g/mol. The minimum absolute atomic E-state index is 0.0458. The van der Waals surface area contributed by atoms with Crippen molar-refractivity contribution in [3.8, 4) is 0 Å². The van der Waals surface area contributed by atoms with E-state index in [1.165, 1.54) is 0 Å². The third-order valence-electron chi connectivity index (χ3n) is 2.52. The van der Waals surface area contributed by atoms with Gasteiger partial charge in [-0.15, -0.1) is 0 Å². The first-order chi connectivity index (χ1) is 5.92. The molecule has 0 aromatic carbocycles. The summed E-state index contributed by atoms with van der Waals surface area (Å²) in [4.78, 5) is 0. The van der Waals surface area contributed by atoms with Crippen molar-refractivity contribution in [3.05, 3.63) is 0 Å². The van der Waals surface area contributed by atoms with E-state index in [0.717, 1.165) is 0 Å². The maximum atomic E-state index is 12.6. The average molecular weight is 213 g/mol. The van der Waals surface area contributed by atoms with Crippen LogP contribution in [-0.4, -0.2) is 32.9 Å². The Bertz CT molecular complexity index is 278. The van der Waals surface area contributed by atoms with Crippen molar-refractivity contribution in [1.29, 1.82) is 0 Å². The van der Waals surface area contributed by atoms with E-state index in [9.17, 15) is 17.2 Å². The van der Waals surface area contributed by atoms with Gasteiger partial charge in [0, 0.05) is 5.41 Å². The van der Waals surface area contributed by atoms with Gasteiger partial charge in [0.25, 0.3) is 0 Å². The molecule has 1 saturated heterocycles. The first kappa shape index (κ1) is 10.8. The van der Waals surface area contributed by atoms with Gasteiger partial charge in [-0.25, -0.2) is 17.2 Å². The molecule has 13 heavy (non-hydrogen) atoms. The molecule has 1 atom stereocenters. The van der Waals surface area contributed by atoms with Crippen molar-refractivity contribution in [2.24, 2.45) is 11.1 Å². The molecule has 1 rings (SSSR count). The zero-order valence-electron chi connectivity index (χ0n) is 7.17. The standard InChI is InChI=1S/C7H13F2NO2S/c8-6(9)7(1-3-10)2-4-13(11,12)5-7/h6H,1-5,10H2. The molecule has 3 nitrogen and oxygen atoms in total. The Kier molecular flexibility index (Phi) is 2.91. The highest BCUT2D eigenvalue weighted by atomic mass is 32.2. The first-order valence-corrected chi connectivity index (χ1v) is 5.93. The summed E-state index contributed by atoms with van der Waals surface area (Å²) in [5.41, 5.74) is 3.82. The molecule has 1 heterocycles. The van der Waals surface area contributed by atoms with Gasteiger partial charge < -0.3 is 5.73 Å². The second-order valence-electron chi connectivity index (χ2n) is 3.54. The summed E-state index contributed by atoms with van der Waals surface area (Å²) in [5.74, 6) is -0.536. The first-order valence-electron chi connectivity index (χ1n) is 4.10. The third-order valence-corrected chi connectivity index (χ3v) is 4.36. The number of halogens is 2. The van der Waals surface area contributed by atoms with Crippen LogP contribution in [0.5, 0.6) is 0 Å². The maximum absolute atomic E-state index is 12.6. The van der Waals surface area contributed by atoms with Crippen molar-refractivity contribution in [2.75, 3.05) is 18.1 Å². The Morgan fingerprint density at radius 2 is 2.08 bits per heavy atom. The lowest BCUT2D eigenvalue weighted by Gasteiger charge is -2.25. The molecular formula is C7H13F2NO2S. The van der Waals surface area contributed by atoms with Gasteiger partial charge in [0.05, 0.1) is 11.5 Å². The van der Waals surface area contributed by atoms with E-state index in [2.05, 4.69) is 0 Å². The molecule has 6 heteroatoms. The van der Waals surface area contributed by atoms with E-state index in [0.29, 0.717) is 0 Å². The SMILES string of the molecule is NCCC1(C(F)F)CCS(=O)(=O)C1. The lowest BCUT2D eigenvalue weighted by molar-refractivity contribution is 0.00784. The van der Waals surface area contributed by atoms with Crippen molar-refractivity contribution in [1.82, 2.24) is 0 Å². The highest BCUT2D eigenvalue weighted by Gasteiger charge is 2.48. The Morgan fingerprint density at radius 1 is 1.46 bits per heavy atom. The third kappa shape index (κ3) is 2.17. The van der Waals surface area contributed by atoms with Gasteiger partial charge in [0.2, 0.25) is 6.43 Å². The van der Waals surface area contributed by atoms with Crippen LogP contribution in [0.3, 0.4) is 0 Å². The molecule has 78 valence electrons. The Balaban J connectivity index is 2.83. The normalized spacial score (nSPS) is 32.6. The Hall–Kier alpha value is -0.230. The predicted octanol–water partition coefficient (Wildman–Crippen LogP) is 0.405. The van der Waals surface area contributed by atoms with Crippen LogP contribution in [0.4, 0.5) is 8.78 Å². The van der Waals surface area contributed by atoms with Crippen LogP contribution in [0, 0.1) is 5.41 Å². The molecule has 0 aromatic rings. The van der Waals surface area contributed by atoms with E-state index in [-0.39, 0.29) is 25.1 Å². The van der Waals surface area contributed by atoms with Crippen molar-refractivity contribution < 1.29 is 17.2 Å². The zero-order chi connectivity index (χ0) is 10.1. The molecule has 0 radical (unpaired) electrons. The van der Waals surface area contributed by atoms with Gasteiger partial charge in [-0.1, -0.05) is 0 Å². The fourth-order valence-electron chi connectivity index (χ4n) is 1.71. The highest BCUT2D eigenvalue weighted by Crippen LogP contribution is 2.40. The number of sulfone groups is 1. The summed E-state index contributed by atoms with van der Waals surface area (Å²) < 4.78 is 47.3. The molecule has 0 aromatic heterocycles. The molecule has 2 N–H and O–H groups in total. The van der Waals surface area contributed by atoms with Crippen LogP contribution in [0.15, 0.2) is 0 Å². The molecule has 1 aliphatic heterocycles. The van der Waals surface area contributed by atoms with Crippen LogP contribution in [0.1, 0.15) is 12.8 Å². The fraction of sp³-hybridized carbons (Fsp3) is 1.00. The average Bonchev–Trinajstić information content (AvgIpc) is 2.28. The second kappa shape index (κ2) is 3.49. The molecule has 0 saturated carbocycles. The Labute approximate surface area is 76.2 Å². The van der Waals surface area contributed by atoms with Gasteiger partial charge in [0.15, 0.2) is 9.84 Å². The zero-order valence-corrected chi connectivity index (χ0v) is 7.99. The second-order valence-corrected chi connectivity index (χ2v) is 5.73. The largest absolute Gasteiger partial charge is 0.330 e. The van der Waals surface area contributed by atoms with Crippen LogP contribution in [0.25, 0.3) is 0 Å². The smallest absolute Gasteiger partial charge is 0.245 e. The minimum Gasteiger partial charge on any atom is -0.330 e. The van der Waals surface area contributed by atoms with E-state index < -0.39 is 27.4 Å². The van der Waals surface area contributed by atoms with Crippen molar-refractivity contribution >= 4 is 9.84 Å². The van der Waals surface area contributed by atoms with E-state index in [1.807, 2.05) is 0 Å². The van der Waals surface area contributed by atoms with Crippen LogP contribution < -0.4 is 5.73 Å². The van der Waals surface area contributed by atoms with Gasteiger partial charge in [-0.3, -0.25) is 0 Å². The molecule has 1 unspecified atom stereocenters. The molecule has 0 aliphatic carbocycles. The molecule has 0 spiro atoms. The van der Waals surface area contributed by atoms with E-state index >= 15 is 0 Å². The number of hydrogen-bond acceptors (Lipinski definition) is 3. The van der Waals surface area contributed by atoms with Gasteiger partial charge in [-0.2, -0.15) is 0 Å². The predicted molar refractivity (Wildman–Crippen MR) is 45.4 cm³/mol. The van der Waals surface area contributed by atoms with E-state index in [1.54, 1.807) is 0 Å². The summed E-state index contributed by atoms with van der Waals surface area (Å²) in [6.45, 7) is 0.111. The monoisotopic (exact) mass is 213 g/mol. The lowest BCUT2D eigenvalue weighted by Crippen LogP contribution is -2.33. The van der Waals surface area contributed by atoms with E-state index in [4.69, 9.17) is 5.73 Å². The molecule has 1 aliphatic rings. The van der Waals surface area contributed by atoms with Crippen LogP contribution in [-0.2, 0) is 9.84 Å². The molecule has 0 bridgehead atoms. The highest BCUT2D eigenvalue weighted by molar-refractivity contribution is 7.91. The molecule has 1 fully saturated rings. The van der Waals surface area contributed by atoms with Crippen molar-refractivity contribution in [3.63, 3.8) is 0 Å². The van der Waals surface area contributed by atoms with Crippen molar-refractivity contribution in [2.45, 2.75) is 19.3 Å². The summed E-state index contributed by atoms with van der Waals surface area (Å²) in [6, 6.07) is 0. The topological polar surface area (TPSA) is 60.2 Å². The Morgan fingerprint density at radius 3 is 2.38 bits per heavy atom. The summed E-state index contributed by atoms with van der Waals surface area (Å²) in [5, 5.41) is 0. The summed E-state index contributed by atoms with van der Waals surface area (Å²) in [7, 11) is -3.26. The number of rotatable bonds is 3. The lowest BCUT2D eigenvalue weighted by atomic mass is 9.84. The quantitative estimate of drug-likeness (QED) is 0.738. The fourth-order valence-corrected chi connectivity index (χ4v) is 3.86. The van der Waals surface area contributed by atoms with Gasteiger partial charge in [0.1, 0.15) is 0 Å². The summed E-state index contributed by atoms with van der Waals surface area (Å²) in [6.07, 6.45) is -2.46. The van der Waals surface area contributed by atoms with Gasteiger partial charge >= 0.3 is 0 Å². The van der Waals surface area contributed by atoms with Gasteiger partial charge in [-0.05, 0) is 19.4 Å². The number of alkyl halides is 2. The van der Waals surface area contributed by atoms with Crippen LogP contribution >= 0.6 is 0 Å². The maximum Gasteiger partial charge on any atom is 0.245 e. The minimum atomic E-state index is -3.26. The molecule has 0 amide bonds.